The van der Waals surface area contributed by atoms with Crippen LogP contribution in [-0.4, -0.2) is 28.4 Å². The number of carbonyl (C=O) groups is 2. The van der Waals surface area contributed by atoms with Crippen molar-refractivity contribution in [2.75, 3.05) is 11.5 Å². The minimum Gasteiger partial charge on any atom is -0.507 e. The summed E-state index contributed by atoms with van der Waals surface area (Å²) in [5.74, 6) is -1.17. The molecule has 1 aliphatic heterocycles. The number of thiazole rings is 1. The molecule has 0 bridgehead atoms. The molecule has 0 aliphatic carbocycles. The number of ketones is 1. The Hall–Kier alpha value is -3.49. The number of hydrogen-bond donors (Lipinski definition) is 1. The fourth-order valence-electron chi connectivity index (χ4n) is 4.17. The first-order chi connectivity index (χ1) is 16.9. The van der Waals surface area contributed by atoms with Gasteiger partial charge in [-0.15, -0.1) is 0 Å². The number of rotatable bonds is 5. The number of nitrogens with zero attached hydrogens (tertiary/aromatic N) is 2. The topological polar surface area (TPSA) is 79.7 Å². The highest BCUT2D eigenvalue weighted by molar-refractivity contribution is 9.10. The zero-order chi connectivity index (χ0) is 24.7. The molecule has 5 rings (SSSR count). The van der Waals surface area contributed by atoms with E-state index in [4.69, 9.17) is 4.74 Å². The summed E-state index contributed by atoms with van der Waals surface area (Å²) in [5, 5.41) is 11.7. The second-order valence-corrected chi connectivity index (χ2v) is 10.1. The molecule has 176 valence electrons. The number of amides is 1. The van der Waals surface area contributed by atoms with Crippen molar-refractivity contribution < 1.29 is 19.4 Å². The monoisotopic (exact) mass is 548 g/mol. The number of aliphatic hydroxyl groups excluding tert-OH is 1. The smallest absolute Gasteiger partial charge is 0.301 e. The maximum Gasteiger partial charge on any atom is 0.301 e. The number of benzene rings is 3. The van der Waals surface area contributed by atoms with Gasteiger partial charge in [0.25, 0.3) is 5.78 Å². The van der Waals surface area contributed by atoms with Gasteiger partial charge in [-0.3, -0.25) is 14.5 Å². The Morgan fingerprint density at radius 2 is 1.89 bits per heavy atom. The van der Waals surface area contributed by atoms with E-state index in [1.54, 1.807) is 24.3 Å². The number of aliphatic hydroxyl groups is 1. The number of aryl methyl sites for hydroxylation is 1. The zero-order valence-electron chi connectivity index (χ0n) is 19.0. The lowest BCUT2D eigenvalue weighted by Gasteiger charge is -2.23. The van der Waals surface area contributed by atoms with E-state index in [2.05, 4.69) is 20.9 Å². The lowest BCUT2D eigenvalue weighted by molar-refractivity contribution is -0.132. The molecule has 35 heavy (non-hydrogen) atoms. The van der Waals surface area contributed by atoms with E-state index in [9.17, 15) is 14.7 Å². The molecule has 1 aromatic heterocycles. The van der Waals surface area contributed by atoms with Gasteiger partial charge in [-0.1, -0.05) is 57.6 Å². The Kier molecular flexibility index (Phi) is 6.17. The van der Waals surface area contributed by atoms with Crippen molar-refractivity contribution in [2.45, 2.75) is 19.9 Å². The maximum absolute atomic E-state index is 13.4. The molecular formula is C27H21BrN2O4S. The van der Waals surface area contributed by atoms with E-state index in [0.717, 1.165) is 20.3 Å². The van der Waals surface area contributed by atoms with Crippen molar-refractivity contribution in [3.63, 3.8) is 0 Å². The molecule has 0 saturated carbocycles. The first-order valence-electron chi connectivity index (χ1n) is 11.0. The van der Waals surface area contributed by atoms with Crippen LogP contribution in [0.1, 0.15) is 29.7 Å². The van der Waals surface area contributed by atoms with Crippen LogP contribution in [0.2, 0.25) is 0 Å². The Balaban J connectivity index is 1.71. The highest BCUT2D eigenvalue weighted by Crippen LogP contribution is 2.44. The van der Waals surface area contributed by atoms with Crippen molar-refractivity contribution in [1.82, 2.24) is 4.98 Å². The number of Topliss-reactive ketones (excluding diaryl/α,β-unsaturated/α-hetero) is 1. The molecule has 4 aromatic rings. The third-order valence-corrected chi connectivity index (χ3v) is 7.33. The van der Waals surface area contributed by atoms with Gasteiger partial charge in [0.1, 0.15) is 11.5 Å². The van der Waals surface area contributed by atoms with Crippen LogP contribution in [0.3, 0.4) is 0 Å². The van der Waals surface area contributed by atoms with Crippen LogP contribution < -0.4 is 9.64 Å². The SMILES string of the molecule is CCOc1cccc(/C(O)=C2\C(=O)C(=O)N(c3nc4ccc(C)cc4s3)C2c2ccc(Br)cc2)c1. The highest BCUT2D eigenvalue weighted by Gasteiger charge is 2.48. The molecule has 1 saturated heterocycles. The van der Waals surface area contributed by atoms with Crippen molar-refractivity contribution in [3.8, 4) is 5.75 Å². The molecule has 8 heteroatoms. The van der Waals surface area contributed by atoms with E-state index in [0.29, 0.717) is 28.6 Å². The summed E-state index contributed by atoms with van der Waals surface area (Å²) in [7, 11) is 0. The fraction of sp³-hybridized carbons (Fsp3) is 0.148. The molecule has 2 heterocycles. The van der Waals surface area contributed by atoms with Crippen LogP contribution in [0.25, 0.3) is 16.0 Å². The molecule has 1 atom stereocenters. The van der Waals surface area contributed by atoms with Crippen LogP contribution in [0.5, 0.6) is 5.75 Å². The van der Waals surface area contributed by atoms with E-state index >= 15 is 0 Å². The van der Waals surface area contributed by atoms with Gasteiger partial charge in [-0.2, -0.15) is 0 Å². The predicted octanol–water partition coefficient (Wildman–Crippen LogP) is 6.39. The first kappa shape index (κ1) is 23.3. The van der Waals surface area contributed by atoms with Crippen molar-refractivity contribution in [2.24, 2.45) is 0 Å². The number of anilines is 1. The lowest BCUT2D eigenvalue weighted by atomic mass is 9.95. The van der Waals surface area contributed by atoms with Gasteiger partial charge in [0.2, 0.25) is 0 Å². The first-order valence-corrected chi connectivity index (χ1v) is 12.6. The Morgan fingerprint density at radius 3 is 2.63 bits per heavy atom. The third-order valence-electron chi connectivity index (χ3n) is 5.79. The average molecular weight is 549 g/mol. The van der Waals surface area contributed by atoms with Gasteiger partial charge in [0, 0.05) is 10.0 Å². The summed E-state index contributed by atoms with van der Waals surface area (Å²) in [5.41, 5.74) is 2.92. The Bertz CT molecular complexity index is 1490. The van der Waals surface area contributed by atoms with Gasteiger partial charge in [0.05, 0.1) is 28.4 Å². The second kappa shape index (κ2) is 9.28. The van der Waals surface area contributed by atoms with Gasteiger partial charge in [0.15, 0.2) is 5.13 Å². The van der Waals surface area contributed by atoms with Gasteiger partial charge in [-0.05, 0) is 61.4 Å². The second-order valence-electron chi connectivity index (χ2n) is 8.15. The number of carbonyl (C=O) groups excluding carboxylic acids is 2. The normalized spacial score (nSPS) is 17.3. The van der Waals surface area contributed by atoms with Crippen LogP contribution in [0, 0.1) is 6.92 Å². The molecule has 1 unspecified atom stereocenters. The number of ether oxygens (including phenoxy) is 1. The van der Waals surface area contributed by atoms with E-state index in [1.165, 1.54) is 16.2 Å². The average Bonchev–Trinajstić information content (AvgIpc) is 3.37. The molecule has 3 aromatic carbocycles. The fourth-order valence-corrected chi connectivity index (χ4v) is 5.52. The Labute approximate surface area is 214 Å². The van der Waals surface area contributed by atoms with Crippen LogP contribution in [0.15, 0.2) is 76.8 Å². The molecule has 1 fully saturated rings. The number of halogens is 1. The van der Waals surface area contributed by atoms with Gasteiger partial charge < -0.3 is 9.84 Å². The largest absolute Gasteiger partial charge is 0.507 e. The number of aromatic nitrogens is 1. The van der Waals surface area contributed by atoms with Crippen molar-refractivity contribution in [3.05, 3.63) is 93.5 Å². The Morgan fingerprint density at radius 1 is 1.11 bits per heavy atom. The highest BCUT2D eigenvalue weighted by atomic mass is 79.9. The van der Waals surface area contributed by atoms with Gasteiger partial charge >= 0.3 is 5.91 Å². The van der Waals surface area contributed by atoms with E-state index in [1.807, 2.05) is 56.3 Å². The van der Waals surface area contributed by atoms with Crippen LogP contribution >= 0.6 is 27.3 Å². The third kappa shape index (κ3) is 4.24. The van der Waals surface area contributed by atoms with Crippen molar-refractivity contribution in [1.29, 1.82) is 0 Å². The lowest BCUT2D eigenvalue weighted by Crippen LogP contribution is -2.29. The summed E-state index contributed by atoms with van der Waals surface area (Å²) in [6.45, 7) is 4.32. The standard InChI is InChI=1S/C27H21BrN2O4S/c1-3-34-19-6-4-5-17(14-19)24(31)22-23(16-8-10-18(28)11-9-16)30(26(33)25(22)32)27-29-20-12-7-15(2)13-21(20)35-27/h4-14,23,31H,3H2,1-2H3/b24-22+. The quantitative estimate of drug-likeness (QED) is 0.177. The minimum absolute atomic E-state index is 0.0152. The number of fused-ring (bicyclic) bond motifs is 1. The summed E-state index contributed by atoms with van der Waals surface area (Å²) in [6.07, 6.45) is 0. The van der Waals surface area contributed by atoms with Gasteiger partial charge in [-0.25, -0.2) is 4.98 Å². The molecule has 0 radical (unpaired) electrons. The molecular weight excluding hydrogens is 528 g/mol. The summed E-state index contributed by atoms with van der Waals surface area (Å²) in [4.78, 5) is 32.8. The zero-order valence-corrected chi connectivity index (χ0v) is 21.4. The molecule has 0 spiro atoms. The molecule has 1 N–H and O–H groups in total. The molecule has 6 nitrogen and oxygen atoms in total. The van der Waals surface area contributed by atoms with E-state index < -0.39 is 17.7 Å². The molecule has 1 aliphatic rings. The predicted molar refractivity (Wildman–Crippen MR) is 141 cm³/mol. The van der Waals surface area contributed by atoms with Crippen LogP contribution in [0.4, 0.5) is 5.13 Å². The van der Waals surface area contributed by atoms with Crippen molar-refractivity contribution >= 4 is 60.1 Å². The summed E-state index contributed by atoms with van der Waals surface area (Å²) >= 11 is 4.78. The molecule has 1 amide bonds. The van der Waals surface area contributed by atoms with E-state index in [-0.39, 0.29) is 11.3 Å². The van der Waals surface area contributed by atoms with Crippen LogP contribution in [-0.2, 0) is 9.59 Å². The minimum atomic E-state index is -0.833. The summed E-state index contributed by atoms with van der Waals surface area (Å²) in [6, 6.07) is 19.2. The maximum atomic E-state index is 13.4. The number of hydrogen-bond acceptors (Lipinski definition) is 6. The summed E-state index contributed by atoms with van der Waals surface area (Å²) < 4.78 is 7.33.